The van der Waals surface area contributed by atoms with Crippen LogP contribution in [0.25, 0.3) is 10.9 Å². The quantitative estimate of drug-likeness (QED) is 0.638. The van der Waals surface area contributed by atoms with Crippen LogP contribution in [0.5, 0.6) is 5.75 Å². The second-order valence-corrected chi connectivity index (χ2v) is 7.84. The molecule has 2 N–H and O–H groups in total. The number of carbonyl (C=O) groups excluding carboxylic acids is 1. The first kappa shape index (κ1) is 17.9. The first-order chi connectivity index (χ1) is 12.9. The number of halogens is 1. The standard InChI is InChI=1S/C20H22ClN3O3/c1-12-7-14(24-27-12)3-6-26-18-10-17-13(9-16(18)21)8-15(23-17)11-22-19(25)20(2)4-5-20/h7-10,23H,3-6,11H2,1-2H3,(H,22,25). The predicted molar refractivity (Wildman–Crippen MR) is 103 cm³/mol. The average molecular weight is 388 g/mol. The molecule has 1 fully saturated rings. The van der Waals surface area contributed by atoms with Crippen molar-refractivity contribution in [2.45, 2.75) is 39.7 Å². The van der Waals surface area contributed by atoms with E-state index < -0.39 is 0 Å². The maximum atomic E-state index is 12.1. The molecule has 1 aliphatic rings. The van der Waals surface area contributed by atoms with E-state index in [-0.39, 0.29) is 11.3 Å². The molecule has 1 aliphatic carbocycles. The van der Waals surface area contributed by atoms with E-state index in [1.807, 2.05) is 38.1 Å². The number of nitrogens with one attached hydrogen (secondary N) is 2. The van der Waals surface area contributed by atoms with Crippen LogP contribution in [-0.4, -0.2) is 22.7 Å². The largest absolute Gasteiger partial charge is 0.492 e. The zero-order valence-corrected chi connectivity index (χ0v) is 16.2. The number of fused-ring (bicyclic) bond motifs is 1. The Morgan fingerprint density at radius 2 is 2.19 bits per heavy atom. The highest BCUT2D eigenvalue weighted by Gasteiger charge is 2.44. The molecule has 2 aromatic heterocycles. The highest BCUT2D eigenvalue weighted by Crippen LogP contribution is 2.45. The molecule has 27 heavy (non-hydrogen) atoms. The molecule has 0 saturated heterocycles. The monoisotopic (exact) mass is 387 g/mol. The van der Waals surface area contributed by atoms with Gasteiger partial charge in [0.25, 0.3) is 0 Å². The molecule has 1 aromatic carbocycles. The Morgan fingerprint density at radius 3 is 2.89 bits per heavy atom. The van der Waals surface area contributed by atoms with Crippen LogP contribution in [0.2, 0.25) is 5.02 Å². The fraction of sp³-hybridized carbons (Fsp3) is 0.400. The number of nitrogens with zero attached hydrogens (tertiary/aromatic N) is 1. The van der Waals surface area contributed by atoms with Crippen molar-refractivity contribution in [2.24, 2.45) is 5.41 Å². The molecule has 0 unspecified atom stereocenters. The summed E-state index contributed by atoms with van der Waals surface area (Å²) in [6.07, 6.45) is 2.58. The van der Waals surface area contributed by atoms with Gasteiger partial charge >= 0.3 is 0 Å². The number of rotatable bonds is 7. The van der Waals surface area contributed by atoms with Gasteiger partial charge in [0.2, 0.25) is 5.91 Å². The van der Waals surface area contributed by atoms with Gasteiger partial charge in [-0.3, -0.25) is 4.79 Å². The number of hydrogen-bond donors (Lipinski definition) is 2. The molecule has 4 rings (SSSR count). The molecule has 2 heterocycles. The van der Waals surface area contributed by atoms with Crippen molar-refractivity contribution in [3.05, 3.63) is 46.4 Å². The minimum atomic E-state index is -0.168. The van der Waals surface area contributed by atoms with E-state index in [1.54, 1.807) is 0 Å². The molecule has 0 aliphatic heterocycles. The van der Waals surface area contributed by atoms with E-state index in [0.717, 1.165) is 40.9 Å². The number of benzene rings is 1. The van der Waals surface area contributed by atoms with Gasteiger partial charge in [-0.1, -0.05) is 23.7 Å². The van der Waals surface area contributed by atoms with Crippen LogP contribution in [0.15, 0.2) is 28.8 Å². The highest BCUT2D eigenvalue weighted by molar-refractivity contribution is 6.32. The van der Waals surface area contributed by atoms with E-state index in [9.17, 15) is 4.79 Å². The molecule has 3 aromatic rings. The lowest BCUT2D eigenvalue weighted by Crippen LogP contribution is -2.29. The Morgan fingerprint density at radius 1 is 1.37 bits per heavy atom. The second-order valence-electron chi connectivity index (χ2n) is 7.44. The summed E-state index contributed by atoms with van der Waals surface area (Å²) in [6.45, 7) is 4.79. The van der Waals surface area contributed by atoms with Crippen LogP contribution >= 0.6 is 11.6 Å². The number of hydrogen-bond acceptors (Lipinski definition) is 4. The third kappa shape index (κ3) is 3.95. The van der Waals surface area contributed by atoms with Crippen molar-refractivity contribution in [3.8, 4) is 5.75 Å². The topological polar surface area (TPSA) is 80.1 Å². The van der Waals surface area contributed by atoms with Gasteiger partial charge in [0.05, 0.1) is 23.9 Å². The summed E-state index contributed by atoms with van der Waals surface area (Å²) < 4.78 is 10.9. The Balaban J connectivity index is 1.40. The van der Waals surface area contributed by atoms with Crippen molar-refractivity contribution in [1.82, 2.24) is 15.5 Å². The van der Waals surface area contributed by atoms with E-state index in [0.29, 0.717) is 30.3 Å². The summed E-state index contributed by atoms with van der Waals surface area (Å²) in [5, 5.41) is 8.49. The van der Waals surface area contributed by atoms with Crippen molar-refractivity contribution < 1.29 is 14.1 Å². The second kappa shape index (κ2) is 6.93. The summed E-state index contributed by atoms with van der Waals surface area (Å²) in [5.41, 5.74) is 2.55. The third-order valence-corrected chi connectivity index (χ3v) is 5.30. The van der Waals surface area contributed by atoms with Gasteiger partial charge in [-0.15, -0.1) is 0 Å². The Labute approximate surface area is 162 Å². The number of aryl methyl sites for hydroxylation is 1. The van der Waals surface area contributed by atoms with Crippen molar-refractivity contribution in [2.75, 3.05) is 6.61 Å². The molecule has 6 nitrogen and oxygen atoms in total. The van der Waals surface area contributed by atoms with Gasteiger partial charge in [-0.2, -0.15) is 0 Å². The Kier molecular flexibility index (Phi) is 4.60. The third-order valence-electron chi connectivity index (χ3n) is 5.01. The number of H-pyrrole nitrogens is 1. The Bertz CT molecular complexity index is 988. The van der Waals surface area contributed by atoms with Gasteiger partial charge in [0, 0.05) is 40.6 Å². The summed E-state index contributed by atoms with van der Waals surface area (Å²) in [5.74, 6) is 1.52. The molecule has 7 heteroatoms. The normalized spacial score (nSPS) is 15.1. The first-order valence-corrected chi connectivity index (χ1v) is 9.45. The number of amides is 1. The smallest absolute Gasteiger partial charge is 0.226 e. The van der Waals surface area contributed by atoms with E-state index in [4.69, 9.17) is 20.9 Å². The zero-order chi connectivity index (χ0) is 19.0. The molecule has 0 atom stereocenters. The van der Waals surface area contributed by atoms with Crippen molar-refractivity contribution >= 4 is 28.4 Å². The summed E-state index contributed by atoms with van der Waals surface area (Å²) in [4.78, 5) is 15.4. The van der Waals surface area contributed by atoms with Crippen LogP contribution in [0.1, 0.15) is 36.9 Å². The maximum Gasteiger partial charge on any atom is 0.226 e. The minimum Gasteiger partial charge on any atom is -0.492 e. The summed E-state index contributed by atoms with van der Waals surface area (Å²) in [6, 6.07) is 7.65. The maximum absolute atomic E-state index is 12.1. The van der Waals surface area contributed by atoms with Crippen LogP contribution in [0.4, 0.5) is 0 Å². The summed E-state index contributed by atoms with van der Waals surface area (Å²) >= 11 is 6.35. The SMILES string of the molecule is Cc1cc(CCOc2cc3[nH]c(CNC(=O)C4(C)CC4)cc3cc2Cl)no1. The van der Waals surface area contributed by atoms with Crippen LogP contribution in [0, 0.1) is 12.3 Å². The fourth-order valence-electron chi connectivity index (χ4n) is 3.00. The lowest BCUT2D eigenvalue weighted by atomic mass is 10.1. The van der Waals surface area contributed by atoms with Gasteiger partial charge in [0.15, 0.2) is 0 Å². The Hall–Kier alpha value is -2.47. The molecule has 1 amide bonds. The number of carbonyl (C=O) groups is 1. The van der Waals surface area contributed by atoms with Crippen molar-refractivity contribution in [3.63, 3.8) is 0 Å². The molecular weight excluding hydrogens is 366 g/mol. The molecule has 0 radical (unpaired) electrons. The first-order valence-electron chi connectivity index (χ1n) is 9.07. The van der Waals surface area contributed by atoms with E-state index >= 15 is 0 Å². The van der Waals surface area contributed by atoms with Gasteiger partial charge < -0.3 is 19.6 Å². The fourth-order valence-corrected chi connectivity index (χ4v) is 3.23. The van der Waals surface area contributed by atoms with Crippen LogP contribution < -0.4 is 10.1 Å². The highest BCUT2D eigenvalue weighted by atomic mass is 35.5. The van der Waals surface area contributed by atoms with Crippen molar-refractivity contribution in [1.29, 1.82) is 0 Å². The molecule has 0 spiro atoms. The number of aromatic nitrogens is 2. The predicted octanol–water partition coefficient (Wildman–Crippen LogP) is 4.16. The average Bonchev–Trinajstić information content (AvgIpc) is 3.07. The molecular formula is C20H22ClN3O3. The number of aromatic amines is 1. The number of ether oxygens (including phenoxy) is 1. The molecule has 0 bridgehead atoms. The van der Waals surface area contributed by atoms with E-state index in [1.165, 1.54) is 0 Å². The van der Waals surface area contributed by atoms with Gasteiger partial charge in [-0.05, 0) is 31.9 Å². The zero-order valence-electron chi connectivity index (χ0n) is 15.4. The molecule has 1 saturated carbocycles. The summed E-state index contributed by atoms with van der Waals surface area (Å²) in [7, 11) is 0. The van der Waals surface area contributed by atoms with Gasteiger partial charge in [-0.25, -0.2) is 0 Å². The minimum absolute atomic E-state index is 0.117. The van der Waals surface area contributed by atoms with Gasteiger partial charge in [0.1, 0.15) is 11.5 Å². The van der Waals surface area contributed by atoms with Crippen LogP contribution in [-0.2, 0) is 17.8 Å². The van der Waals surface area contributed by atoms with Crippen LogP contribution in [0.3, 0.4) is 0 Å². The molecule has 142 valence electrons. The lowest BCUT2D eigenvalue weighted by molar-refractivity contribution is -0.125. The lowest BCUT2D eigenvalue weighted by Gasteiger charge is -2.08. The van der Waals surface area contributed by atoms with E-state index in [2.05, 4.69) is 15.5 Å².